The molecule has 0 aliphatic heterocycles. The Balaban J connectivity index is 1.61. The highest BCUT2D eigenvalue weighted by atomic mass is 16.5. The van der Waals surface area contributed by atoms with E-state index < -0.39 is 17.9 Å². The molecule has 0 unspecified atom stereocenters. The molecule has 0 bridgehead atoms. The molecule has 164 valence electrons. The molecule has 1 atom stereocenters. The molecule has 32 heavy (non-hydrogen) atoms. The summed E-state index contributed by atoms with van der Waals surface area (Å²) in [5.74, 6) is -0.0260. The Bertz CT molecular complexity index is 1330. The van der Waals surface area contributed by atoms with Gasteiger partial charge >= 0.3 is 0 Å². The van der Waals surface area contributed by atoms with Gasteiger partial charge in [-0.05, 0) is 31.2 Å². The molecule has 0 aliphatic rings. The van der Waals surface area contributed by atoms with Gasteiger partial charge in [0.05, 0.1) is 25.5 Å². The Morgan fingerprint density at radius 1 is 0.938 bits per heavy atom. The number of anilines is 1. The third kappa shape index (κ3) is 3.90. The number of amides is 2. The zero-order valence-corrected chi connectivity index (χ0v) is 17.8. The van der Waals surface area contributed by atoms with Crippen LogP contribution in [0.5, 0.6) is 17.2 Å². The molecule has 1 aromatic heterocycles. The molecule has 0 aliphatic carbocycles. The van der Waals surface area contributed by atoms with Gasteiger partial charge in [0.25, 0.3) is 11.8 Å². The predicted octanol–water partition coefficient (Wildman–Crippen LogP) is 4.11. The number of nitrogens with one attached hydrogen (secondary N) is 1. The molecule has 3 aromatic carbocycles. The minimum absolute atomic E-state index is 0.145. The number of primary amides is 1. The van der Waals surface area contributed by atoms with Crippen LogP contribution in [0.4, 0.5) is 5.69 Å². The number of ether oxygens (including phenoxy) is 3. The first-order valence-electron chi connectivity index (χ1n) is 9.86. The van der Waals surface area contributed by atoms with Crippen molar-refractivity contribution in [1.82, 2.24) is 0 Å². The van der Waals surface area contributed by atoms with E-state index in [2.05, 4.69) is 5.32 Å². The summed E-state index contributed by atoms with van der Waals surface area (Å²) >= 11 is 0. The lowest BCUT2D eigenvalue weighted by Crippen LogP contribution is -2.31. The zero-order chi connectivity index (χ0) is 22.8. The molecule has 2 amide bonds. The highest BCUT2D eigenvalue weighted by Gasteiger charge is 2.21. The first-order chi connectivity index (χ1) is 15.4. The molecule has 4 rings (SSSR count). The maximum Gasteiger partial charge on any atom is 0.265 e. The van der Waals surface area contributed by atoms with Crippen molar-refractivity contribution < 1.29 is 28.2 Å². The van der Waals surface area contributed by atoms with E-state index in [-0.39, 0.29) is 11.3 Å². The van der Waals surface area contributed by atoms with E-state index in [1.165, 1.54) is 26.4 Å². The number of benzene rings is 3. The van der Waals surface area contributed by atoms with Crippen LogP contribution in [0, 0.1) is 0 Å². The largest absolute Gasteiger partial charge is 0.497 e. The normalized spacial score (nSPS) is 11.8. The summed E-state index contributed by atoms with van der Waals surface area (Å²) in [6, 6.07) is 15.8. The van der Waals surface area contributed by atoms with E-state index in [0.717, 1.165) is 16.4 Å². The van der Waals surface area contributed by atoms with Gasteiger partial charge in [-0.25, -0.2) is 0 Å². The number of hydrogen-bond donors (Lipinski definition) is 2. The number of fused-ring (bicyclic) bond motifs is 3. The number of para-hydroxylation sites is 1. The Morgan fingerprint density at radius 2 is 1.72 bits per heavy atom. The average Bonchev–Trinajstić information content (AvgIpc) is 3.15. The van der Waals surface area contributed by atoms with Crippen LogP contribution in [0.3, 0.4) is 0 Å². The number of carbonyl (C=O) groups excluding carboxylic acids is 2. The lowest BCUT2D eigenvalue weighted by molar-refractivity contribution is -0.122. The molecule has 0 fully saturated rings. The summed E-state index contributed by atoms with van der Waals surface area (Å²) in [5.41, 5.74) is 7.34. The van der Waals surface area contributed by atoms with Crippen LogP contribution in [-0.4, -0.2) is 32.1 Å². The van der Waals surface area contributed by atoms with Crippen LogP contribution in [0.15, 0.2) is 59.0 Å². The fraction of sp³-hybridized carbons (Fsp3) is 0.167. The monoisotopic (exact) mass is 434 g/mol. The third-order valence-corrected chi connectivity index (χ3v) is 5.08. The second-order valence-corrected chi connectivity index (χ2v) is 7.12. The Morgan fingerprint density at radius 3 is 2.44 bits per heavy atom. The molecular weight excluding hydrogens is 412 g/mol. The maximum atomic E-state index is 12.9. The molecule has 8 heteroatoms. The first-order valence-corrected chi connectivity index (χ1v) is 9.86. The quantitative estimate of drug-likeness (QED) is 0.453. The second kappa shape index (κ2) is 8.50. The van der Waals surface area contributed by atoms with Gasteiger partial charge in [-0.1, -0.05) is 18.2 Å². The number of furan rings is 1. The molecule has 8 nitrogen and oxygen atoms in total. The van der Waals surface area contributed by atoms with E-state index >= 15 is 0 Å². The molecule has 1 heterocycles. The van der Waals surface area contributed by atoms with Crippen molar-refractivity contribution in [2.45, 2.75) is 13.0 Å². The van der Waals surface area contributed by atoms with Crippen LogP contribution in [0.2, 0.25) is 0 Å². The van der Waals surface area contributed by atoms with Gasteiger partial charge in [-0.15, -0.1) is 0 Å². The van der Waals surface area contributed by atoms with E-state index in [9.17, 15) is 9.59 Å². The minimum Gasteiger partial charge on any atom is -0.497 e. The van der Waals surface area contributed by atoms with Crippen molar-refractivity contribution in [3.8, 4) is 17.2 Å². The van der Waals surface area contributed by atoms with Crippen LogP contribution in [0.25, 0.3) is 21.9 Å². The van der Waals surface area contributed by atoms with Gasteiger partial charge < -0.3 is 29.7 Å². The van der Waals surface area contributed by atoms with Crippen molar-refractivity contribution in [1.29, 1.82) is 0 Å². The standard InChI is InChI=1S/C24H22N2O6/c1-13(31-20-10-14(29-2)8-9-16(20)23(25)27)24(28)26-18-12-21-17(11-22(18)30-3)15-6-4-5-7-19(15)32-21/h4-13H,1-3H3,(H2,25,27)(H,26,28)/t13-/m1/s1. The van der Waals surface area contributed by atoms with Crippen LogP contribution < -0.4 is 25.3 Å². The number of rotatable bonds is 7. The highest BCUT2D eigenvalue weighted by molar-refractivity contribution is 6.08. The van der Waals surface area contributed by atoms with E-state index in [1.807, 2.05) is 30.3 Å². The average molecular weight is 434 g/mol. The summed E-state index contributed by atoms with van der Waals surface area (Å²) in [4.78, 5) is 24.6. The number of methoxy groups -OCH3 is 2. The van der Waals surface area contributed by atoms with Crippen LogP contribution in [0.1, 0.15) is 17.3 Å². The van der Waals surface area contributed by atoms with Crippen molar-refractivity contribution in [2.24, 2.45) is 5.73 Å². The van der Waals surface area contributed by atoms with E-state index in [4.69, 9.17) is 24.4 Å². The second-order valence-electron chi connectivity index (χ2n) is 7.12. The third-order valence-electron chi connectivity index (χ3n) is 5.08. The summed E-state index contributed by atoms with van der Waals surface area (Å²) in [7, 11) is 3.01. The first kappa shape index (κ1) is 21.0. The van der Waals surface area contributed by atoms with Gasteiger partial charge in [0.1, 0.15) is 28.4 Å². The number of nitrogens with two attached hydrogens (primary N) is 1. The minimum atomic E-state index is -0.948. The molecule has 0 saturated carbocycles. The van der Waals surface area contributed by atoms with Gasteiger partial charge in [0.2, 0.25) is 0 Å². The van der Waals surface area contributed by atoms with Crippen molar-refractivity contribution >= 4 is 39.4 Å². The van der Waals surface area contributed by atoms with Crippen LogP contribution >= 0.6 is 0 Å². The molecule has 3 N–H and O–H groups in total. The van der Waals surface area contributed by atoms with E-state index in [0.29, 0.717) is 22.8 Å². The summed E-state index contributed by atoms with van der Waals surface area (Å²) in [6.07, 6.45) is -0.948. The van der Waals surface area contributed by atoms with Gasteiger partial charge in [-0.3, -0.25) is 9.59 Å². The molecule has 4 aromatic rings. The molecule has 0 spiro atoms. The van der Waals surface area contributed by atoms with Gasteiger partial charge in [-0.2, -0.15) is 0 Å². The fourth-order valence-electron chi connectivity index (χ4n) is 3.43. The lowest BCUT2D eigenvalue weighted by atomic mass is 10.1. The summed E-state index contributed by atoms with van der Waals surface area (Å²) < 4.78 is 22.3. The molecule has 0 saturated heterocycles. The Labute approximate surface area is 183 Å². The topological polar surface area (TPSA) is 113 Å². The molecule has 0 radical (unpaired) electrons. The van der Waals surface area contributed by atoms with Crippen molar-refractivity contribution in [3.63, 3.8) is 0 Å². The Kier molecular flexibility index (Phi) is 5.59. The van der Waals surface area contributed by atoms with Crippen molar-refractivity contribution in [3.05, 3.63) is 60.2 Å². The number of hydrogen-bond acceptors (Lipinski definition) is 6. The highest BCUT2D eigenvalue weighted by Crippen LogP contribution is 2.36. The van der Waals surface area contributed by atoms with Crippen molar-refractivity contribution in [2.75, 3.05) is 19.5 Å². The summed E-state index contributed by atoms with van der Waals surface area (Å²) in [6.45, 7) is 1.56. The SMILES string of the molecule is COc1ccc(C(N)=O)c(O[C@H](C)C(=O)Nc2cc3oc4ccccc4c3cc2OC)c1. The van der Waals surface area contributed by atoms with E-state index in [1.54, 1.807) is 19.1 Å². The zero-order valence-electron chi connectivity index (χ0n) is 17.8. The lowest BCUT2D eigenvalue weighted by Gasteiger charge is -2.18. The van der Waals surface area contributed by atoms with Gasteiger partial charge in [0.15, 0.2) is 6.10 Å². The smallest absolute Gasteiger partial charge is 0.265 e. The Hall–Kier alpha value is -4.20. The predicted molar refractivity (Wildman–Crippen MR) is 121 cm³/mol. The molecular formula is C24H22N2O6. The summed E-state index contributed by atoms with van der Waals surface area (Å²) in [5, 5.41) is 4.63. The van der Waals surface area contributed by atoms with Crippen LogP contribution in [-0.2, 0) is 4.79 Å². The number of carbonyl (C=O) groups is 2. The maximum absolute atomic E-state index is 12.9. The fourth-order valence-corrected chi connectivity index (χ4v) is 3.43. The van der Waals surface area contributed by atoms with Gasteiger partial charge in [0, 0.05) is 22.9 Å².